The molecule has 0 saturated carbocycles. The lowest BCUT2D eigenvalue weighted by atomic mass is 10.0. The maximum Gasteiger partial charge on any atom is 0.117 e. The predicted octanol–water partition coefficient (Wildman–Crippen LogP) is 4.31. The zero-order valence-corrected chi connectivity index (χ0v) is 11.9. The average Bonchev–Trinajstić information content (AvgIpc) is 2.70. The number of hydrogen-bond acceptors (Lipinski definition) is 3. The summed E-state index contributed by atoms with van der Waals surface area (Å²) in [6.45, 7) is 7.69. The Balaban J connectivity index is 2.46. The van der Waals surface area contributed by atoms with Crippen molar-refractivity contribution >= 4 is 22.9 Å². The van der Waals surface area contributed by atoms with E-state index in [-0.39, 0.29) is 0 Å². The van der Waals surface area contributed by atoms with Gasteiger partial charge in [0.1, 0.15) is 17.6 Å². The Morgan fingerprint density at radius 1 is 1.24 bits per heavy atom. The van der Waals surface area contributed by atoms with Crippen LogP contribution in [0.25, 0.3) is 0 Å². The highest BCUT2D eigenvalue weighted by Crippen LogP contribution is 2.37. The second-order valence-corrected chi connectivity index (χ2v) is 5.95. The molecule has 92 valence electrons. The maximum atomic E-state index is 10.4. The minimum atomic E-state index is -0.649. The number of halogens is 1. The van der Waals surface area contributed by atoms with Gasteiger partial charge in [0, 0.05) is 10.4 Å². The van der Waals surface area contributed by atoms with Crippen molar-refractivity contribution in [1.82, 2.24) is 0 Å². The van der Waals surface area contributed by atoms with Gasteiger partial charge in [-0.15, -0.1) is 11.3 Å². The van der Waals surface area contributed by atoms with E-state index in [0.29, 0.717) is 0 Å². The highest BCUT2D eigenvalue weighted by atomic mass is 35.5. The minimum Gasteiger partial charge on any atom is -0.466 e. The molecule has 1 N–H and O–H groups in total. The molecule has 1 atom stereocenters. The maximum absolute atomic E-state index is 10.4. The SMILES string of the molecule is Cc1cc(C(O)c2c(C)oc(C)c2C)sc1Cl. The normalized spacial score (nSPS) is 13.1. The van der Waals surface area contributed by atoms with E-state index in [9.17, 15) is 5.11 Å². The van der Waals surface area contributed by atoms with Crippen LogP contribution in [0.1, 0.15) is 39.2 Å². The molecule has 2 aromatic rings. The smallest absolute Gasteiger partial charge is 0.117 e. The molecule has 0 aliphatic heterocycles. The van der Waals surface area contributed by atoms with E-state index in [1.54, 1.807) is 0 Å². The third-order valence-corrected chi connectivity index (χ3v) is 4.64. The van der Waals surface area contributed by atoms with Gasteiger partial charge in [0.25, 0.3) is 0 Å². The van der Waals surface area contributed by atoms with E-state index in [1.165, 1.54) is 11.3 Å². The van der Waals surface area contributed by atoms with Crippen molar-refractivity contribution in [3.05, 3.63) is 43.5 Å². The number of aliphatic hydroxyl groups is 1. The van der Waals surface area contributed by atoms with Crippen LogP contribution in [0.15, 0.2) is 10.5 Å². The van der Waals surface area contributed by atoms with Crippen molar-refractivity contribution in [3.63, 3.8) is 0 Å². The van der Waals surface area contributed by atoms with E-state index in [1.807, 2.05) is 33.8 Å². The van der Waals surface area contributed by atoms with Crippen molar-refractivity contribution in [3.8, 4) is 0 Å². The zero-order chi connectivity index (χ0) is 12.7. The molecule has 2 rings (SSSR count). The van der Waals surface area contributed by atoms with Crippen LogP contribution in [0, 0.1) is 27.7 Å². The third kappa shape index (κ3) is 2.15. The molecule has 0 fully saturated rings. The molecule has 2 heterocycles. The van der Waals surface area contributed by atoms with Gasteiger partial charge in [-0.25, -0.2) is 0 Å². The van der Waals surface area contributed by atoms with Gasteiger partial charge in [-0.2, -0.15) is 0 Å². The number of rotatable bonds is 2. The van der Waals surface area contributed by atoms with Crippen molar-refractivity contribution in [2.75, 3.05) is 0 Å². The summed E-state index contributed by atoms with van der Waals surface area (Å²) in [4.78, 5) is 0.861. The molecule has 0 radical (unpaired) electrons. The Bertz CT molecular complexity index is 535. The van der Waals surface area contributed by atoms with Crippen LogP contribution < -0.4 is 0 Å². The van der Waals surface area contributed by atoms with E-state index >= 15 is 0 Å². The highest BCUT2D eigenvalue weighted by Gasteiger charge is 2.22. The van der Waals surface area contributed by atoms with E-state index in [2.05, 4.69) is 0 Å². The molecule has 17 heavy (non-hydrogen) atoms. The Hall–Kier alpha value is -0.770. The van der Waals surface area contributed by atoms with Crippen LogP contribution in [0.2, 0.25) is 4.34 Å². The van der Waals surface area contributed by atoms with E-state index in [0.717, 1.165) is 37.4 Å². The molecule has 4 heteroatoms. The van der Waals surface area contributed by atoms with Crippen molar-refractivity contribution in [2.45, 2.75) is 33.8 Å². The fourth-order valence-electron chi connectivity index (χ4n) is 1.97. The summed E-state index contributed by atoms with van der Waals surface area (Å²) in [5.41, 5.74) is 2.87. The summed E-state index contributed by atoms with van der Waals surface area (Å²) in [6.07, 6.45) is -0.649. The van der Waals surface area contributed by atoms with Crippen LogP contribution in [0.4, 0.5) is 0 Å². The van der Waals surface area contributed by atoms with Gasteiger partial charge in [0.15, 0.2) is 0 Å². The summed E-state index contributed by atoms with van der Waals surface area (Å²) in [5.74, 6) is 1.63. The van der Waals surface area contributed by atoms with Gasteiger partial charge in [-0.3, -0.25) is 0 Å². The Labute approximate surface area is 110 Å². The van der Waals surface area contributed by atoms with Crippen molar-refractivity contribution in [1.29, 1.82) is 0 Å². The minimum absolute atomic E-state index is 0.649. The molecular weight excluding hydrogens is 256 g/mol. The second-order valence-electron chi connectivity index (χ2n) is 4.26. The summed E-state index contributed by atoms with van der Waals surface area (Å²) in [7, 11) is 0. The van der Waals surface area contributed by atoms with Crippen molar-refractivity contribution in [2.24, 2.45) is 0 Å². The average molecular weight is 271 g/mol. The van der Waals surface area contributed by atoms with Crippen molar-refractivity contribution < 1.29 is 9.52 Å². The summed E-state index contributed by atoms with van der Waals surface area (Å²) in [5, 5.41) is 10.4. The molecule has 0 amide bonds. The number of thiophene rings is 1. The molecule has 0 aromatic carbocycles. The summed E-state index contributed by atoms with van der Waals surface area (Å²) < 4.78 is 6.27. The molecule has 2 aromatic heterocycles. The number of aliphatic hydroxyl groups excluding tert-OH is 1. The molecule has 0 spiro atoms. The Kier molecular flexibility index (Phi) is 3.34. The number of aryl methyl sites for hydroxylation is 3. The zero-order valence-electron chi connectivity index (χ0n) is 10.3. The highest BCUT2D eigenvalue weighted by molar-refractivity contribution is 7.16. The van der Waals surface area contributed by atoms with Crippen LogP contribution in [0.3, 0.4) is 0 Å². The molecular formula is C13H15ClO2S. The molecule has 0 aliphatic carbocycles. The summed E-state index contributed by atoms with van der Waals surface area (Å²) >= 11 is 7.45. The van der Waals surface area contributed by atoms with Gasteiger partial charge in [-0.1, -0.05) is 11.6 Å². The monoisotopic (exact) mass is 270 g/mol. The van der Waals surface area contributed by atoms with Crippen LogP contribution in [-0.2, 0) is 0 Å². The lowest BCUT2D eigenvalue weighted by molar-refractivity contribution is 0.221. The van der Waals surface area contributed by atoms with Crippen LogP contribution >= 0.6 is 22.9 Å². The lowest BCUT2D eigenvalue weighted by Gasteiger charge is -2.08. The first-order valence-electron chi connectivity index (χ1n) is 5.42. The second kappa shape index (κ2) is 4.48. The molecule has 1 unspecified atom stereocenters. The Morgan fingerprint density at radius 3 is 2.29 bits per heavy atom. The van der Waals surface area contributed by atoms with Gasteiger partial charge < -0.3 is 9.52 Å². The van der Waals surface area contributed by atoms with E-state index in [4.69, 9.17) is 16.0 Å². The molecule has 2 nitrogen and oxygen atoms in total. The fourth-order valence-corrected chi connectivity index (χ4v) is 3.19. The van der Waals surface area contributed by atoms with E-state index < -0.39 is 6.10 Å². The van der Waals surface area contributed by atoms with Crippen LogP contribution in [-0.4, -0.2) is 5.11 Å². The molecule has 0 bridgehead atoms. The fraction of sp³-hybridized carbons (Fsp3) is 0.385. The standard InChI is InChI=1S/C13H15ClO2S/c1-6-5-10(17-13(6)14)12(15)11-7(2)8(3)16-9(11)4/h5,12,15H,1-4H3. The number of furan rings is 1. The van der Waals surface area contributed by atoms with Crippen LogP contribution in [0.5, 0.6) is 0 Å². The van der Waals surface area contributed by atoms with Gasteiger partial charge in [0.2, 0.25) is 0 Å². The Morgan fingerprint density at radius 2 is 1.88 bits per heavy atom. The topological polar surface area (TPSA) is 33.4 Å². The predicted molar refractivity (Wildman–Crippen MR) is 71.0 cm³/mol. The lowest BCUT2D eigenvalue weighted by Crippen LogP contribution is -1.99. The van der Waals surface area contributed by atoms with Gasteiger partial charge >= 0.3 is 0 Å². The first-order valence-corrected chi connectivity index (χ1v) is 6.61. The quantitative estimate of drug-likeness (QED) is 0.882. The molecule has 0 saturated heterocycles. The van der Waals surface area contributed by atoms with Gasteiger partial charge in [0.05, 0.1) is 4.34 Å². The third-order valence-electron chi connectivity index (χ3n) is 3.04. The first kappa shape index (κ1) is 12.7. The largest absolute Gasteiger partial charge is 0.466 e. The summed E-state index contributed by atoms with van der Waals surface area (Å²) in [6, 6.07) is 1.93. The first-order chi connectivity index (χ1) is 7.91. The van der Waals surface area contributed by atoms with Gasteiger partial charge in [-0.05, 0) is 44.9 Å². The molecule has 0 aliphatic rings. The number of hydrogen-bond donors (Lipinski definition) is 1.